The van der Waals surface area contributed by atoms with E-state index in [2.05, 4.69) is 22.5 Å². The summed E-state index contributed by atoms with van der Waals surface area (Å²) in [6.45, 7) is 4.76. The number of nitrogens with one attached hydrogen (secondary N) is 2. The van der Waals surface area contributed by atoms with Crippen molar-refractivity contribution < 1.29 is 9.90 Å². The van der Waals surface area contributed by atoms with Crippen LogP contribution in [0.5, 0.6) is 0 Å². The van der Waals surface area contributed by atoms with Crippen molar-refractivity contribution >= 4 is 33.7 Å². The number of Topliss-reactive ketones (excluding diaryl/α,β-unsaturated/α-hetero) is 1. The number of aliphatic hydroxyl groups is 1. The van der Waals surface area contributed by atoms with Gasteiger partial charge in [-0.1, -0.05) is 38.5 Å². The zero-order valence-electron chi connectivity index (χ0n) is 16.5. The van der Waals surface area contributed by atoms with Gasteiger partial charge in [-0.15, -0.1) is 0 Å². The molecule has 0 bridgehead atoms. The summed E-state index contributed by atoms with van der Waals surface area (Å²) in [4.78, 5) is 17.1. The van der Waals surface area contributed by atoms with Crippen LogP contribution in [0.4, 0.5) is 17.1 Å². The monoisotopic (exact) mass is 377 g/mol. The zero-order valence-corrected chi connectivity index (χ0v) is 16.5. The van der Waals surface area contributed by atoms with Crippen LogP contribution >= 0.6 is 0 Å². The lowest BCUT2D eigenvalue weighted by molar-refractivity contribution is 0.0989. The fourth-order valence-electron chi connectivity index (χ4n) is 3.18. The van der Waals surface area contributed by atoms with E-state index in [0.29, 0.717) is 12.0 Å². The van der Waals surface area contributed by atoms with Gasteiger partial charge in [0, 0.05) is 41.5 Å². The molecule has 0 atom stereocenters. The summed E-state index contributed by atoms with van der Waals surface area (Å²) in [6.07, 6.45) is 4.18. The minimum Gasteiger partial charge on any atom is -0.392 e. The fourth-order valence-corrected chi connectivity index (χ4v) is 3.18. The number of aliphatic hydroxyl groups excluding tert-OH is 1. The summed E-state index contributed by atoms with van der Waals surface area (Å²) in [6, 6.07) is 13.7. The number of carbonyl (C=O) groups is 1. The average molecular weight is 377 g/mol. The lowest BCUT2D eigenvalue weighted by Gasteiger charge is -2.17. The summed E-state index contributed by atoms with van der Waals surface area (Å²) in [7, 11) is 0. The van der Waals surface area contributed by atoms with Crippen LogP contribution in [0.3, 0.4) is 0 Å². The highest BCUT2D eigenvalue weighted by Crippen LogP contribution is 2.33. The third-order valence-corrected chi connectivity index (χ3v) is 4.77. The van der Waals surface area contributed by atoms with Crippen LogP contribution in [0.15, 0.2) is 48.7 Å². The van der Waals surface area contributed by atoms with Crippen LogP contribution in [0, 0.1) is 0 Å². The number of fused-ring (bicyclic) bond motifs is 1. The zero-order chi connectivity index (χ0) is 19.9. The number of rotatable bonds is 9. The van der Waals surface area contributed by atoms with Crippen molar-refractivity contribution in [2.24, 2.45) is 0 Å². The molecule has 0 spiro atoms. The van der Waals surface area contributed by atoms with Crippen molar-refractivity contribution in [2.75, 3.05) is 17.2 Å². The van der Waals surface area contributed by atoms with Gasteiger partial charge in [0.25, 0.3) is 0 Å². The van der Waals surface area contributed by atoms with Crippen molar-refractivity contribution in [3.05, 3.63) is 59.8 Å². The van der Waals surface area contributed by atoms with Gasteiger partial charge < -0.3 is 15.7 Å². The summed E-state index contributed by atoms with van der Waals surface area (Å²) in [5.74, 6) is 0.0413. The lowest BCUT2D eigenvalue weighted by atomic mass is 10.0. The molecule has 3 N–H and O–H groups in total. The molecule has 5 nitrogen and oxygen atoms in total. The lowest BCUT2D eigenvalue weighted by Crippen LogP contribution is -2.07. The number of carbonyl (C=O) groups excluding carboxylic acids is 1. The Kier molecular flexibility index (Phi) is 6.61. The molecule has 2 aromatic carbocycles. The van der Waals surface area contributed by atoms with E-state index in [0.717, 1.165) is 52.9 Å². The Morgan fingerprint density at radius 2 is 1.93 bits per heavy atom. The number of ketones is 1. The molecular weight excluding hydrogens is 350 g/mol. The number of para-hydroxylation sites is 1. The molecular formula is C23H27N3O2. The smallest absolute Gasteiger partial charge is 0.166 e. The predicted molar refractivity (Wildman–Crippen MR) is 115 cm³/mol. The van der Waals surface area contributed by atoms with Crippen molar-refractivity contribution in [1.82, 2.24) is 4.98 Å². The Morgan fingerprint density at radius 1 is 1.14 bits per heavy atom. The average Bonchev–Trinajstić information content (AvgIpc) is 2.74. The second kappa shape index (κ2) is 9.33. The molecule has 0 aliphatic carbocycles. The molecule has 28 heavy (non-hydrogen) atoms. The molecule has 0 saturated heterocycles. The summed E-state index contributed by atoms with van der Waals surface area (Å²) >= 11 is 0. The van der Waals surface area contributed by atoms with Gasteiger partial charge in [0.1, 0.15) is 0 Å². The normalized spacial score (nSPS) is 10.8. The molecule has 0 fully saturated rings. The van der Waals surface area contributed by atoms with Crippen molar-refractivity contribution in [1.29, 1.82) is 0 Å². The predicted octanol–water partition coefficient (Wildman–Crippen LogP) is 5.28. The SMILES string of the molecule is CCCCNc1cc2c(Nc3ccccc3)c(C(=O)CC)cnc2cc1CO. The van der Waals surface area contributed by atoms with Crippen LogP contribution in [-0.2, 0) is 6.61 Å². The summed E-state index contributed by atoms with van der Waals surface area (Å²) < 4.78 is 0. The highest BCUT2D eigenvalue weighted by atomic mass is 16.3. The molecule has 0 aliphatic rings. The van der Waals surface area contributed by atoms with Gasteiger partial charge in [-0.2, -0.15) is 0 Å². The molecule has 0 aliphatic heterocycles. The molecule has 3 aromatic rings. The second-order valence-electron chi connectivity index (χ2n) is 6.78. The van der Waals surface area contributed by atoms with E-state index in [-0.39, 0.29) is 12.4 Å². The van der Waals surface area contributed by atoms with E-state index in [4.69, 9.17) is 0 Å². The molecule has 0 unspecified atom stereocenters. The van der Waals surface area contributed by atoms with Crippen LogP contribution in [0.25, 0.3) is 10.9 Å². The second-order valence-corrected chi connectivity index (χ2v) is 6.78. The van der Waals surface area contributed by atoms with E-state index >= 15 is 0 Å². The Balaban J connectivity index is 2.15. The summed E-state index contributed by atoms with van der Waals surface area (Å²) in [5, 5.41) is 17.5. The summed E-state index contributed by atoms with van der Waals surface area (Å²) in [5.41, 5.74) is 4.67. The van der Waals surface area contributed by atoms with E-state index in [1.165, 1.54) is 0 Å². The topological polar surface area (TPSA) is 74.2 Å². The molecule has 0 amide bonds. The molecule has 0 saturated carbocycles. The number of unbranched alkanes of at least 4 members (excludes halogenated alkanes) is 1. The maximum atomic E-state index is 12.6. The first-order chi connectivity index (χ1) is 13.7. The molecule has 1 heterocycles. The minimum atomic E-state index is -0.0663. The van der Waals surface area contributed by atoms with Crippen LogP contribution in [0.1, 0.15) is 49.0 Å². The van der Waals surface area contributed by atoms with Gasteiger partial charge in [0.05, 0.1) is 23.4 Å². The third-order valence-electron chi connectivity index (χ3n) is 4.77. The first-order valence-corrected chi connectivity index (χ1v) is 9.83. The third kappa shape index (κ3) is 4.31. The maximum absolute atomic E-state index is 12.6. The van der Waals surface area contributed by atoms with Crippen LogP contribution in [-0.4, -0.2) is 22.4 Å². The van der Waals surface area contributed by atoms with Gasteiger partial charge in [-0.05, 0) is 30.7 Å². The molecule has 3 rings (SSSR count). The van der Waals surface area contributed by atoms with Crippen molar-refractivity contribution in [3.63, 3.8) is 0 Å². The van der Waals surface area contributed by atoms with Gasteiger partial charge in [0.2, 0.25) is 0 Å². The number of pyridine rings is 1. The largest absolute Gasteiger partial charge is 0.392 e. The number of hydrogen-bond donors (Lipinski definition) is 3. The van der Waals surface area contributed by atoms with Gasteiger partial charge in [-0.25, -0.2) is 0 Å². The molecule has 1 aromatic heterocycles. The number of benzene rings is 2. The van der Waals surface area contributed by atoms with Gasteiger partial charge in [-0.3, -0.25) is 9.78 Å². The Morgan fingerprint density at radius 3 is 2.61 bits per heavy atom. The van der Waals surface area contributed by atoms with E-state index in [1.807, 2.05) is 49.4 Å². The van der Waals surface area contributed by atoms with Crippen molar-refractivity contribution in [3.8, 4) is 0 Å². The number of hydrogen-bond acceptors (Lipinski definition) is 5. The van der Waals surface area contributed by atoms with E-state index in [9.17, 15) is 9.90 Å². The van der Waals surface area contributed by atoms with Crippen molar-refractivity contribution in [2.45, 2.75) is 39.7 Å². The minimum absolute atomic E-state index is 0.0413. The standard InChI is InChI=1S/C23H27N3O2/c1-3-5-11-24-20-13-18-21(12-16(20)15-27)25-14-19(22(28)4-2)23(18)26-17-9-7-6-8-10-17/h6-10,12-14,24,27H,3-5,11,15H2,1-2H3,(H,25,26). The highest BCUT2D eigenvalue weighted by Gasteiger charge is 2.16. The molecule has 0 radical (unpaired) electrons. The van der Waals surface area contributed by atoms with E-state index in [1.54, 1.807) is 6.20 Å². The van der Waals surface area contributed by atoms with Crippen LogP contribution in [0.2, 0.25) is 0 Å². The quantitative estimate of drug-likeness (QED) is 0.350. The van der Waals surface area contributed by atoms with Gasteiger partial charge >= 0.3 is 0 Å². The molecule has 146 valence electrons. The number of anilines is 3. The fraction of sp³-hybridized carbons (Fsp3) is 0.304. The molecule has 5 heteroatoms. The number of nitrogens with zero attached hydrogens (tertiary/aromatic N) is 1. The Labute approximate surface area is 165 Å². The highest BCUT2D eigenvalue weighted by molar-refractivity contribution is 6.09. The Bertz CT molecular complexity index is 955. The van der Waals surface area contributed by atoms with Gasteiger partial charge in [0.15, 0.2) is 5.78 Å². The first kappa shape index (κ1) is 19.8. The Hall–Kier alpha value is -2.92. The van der Waals surface area contributed by atoms with E-state index < -0.39 is 0 Å². The first-order valence-electron chi connectivity index (χ1n) is 9.83. The number of aromatic nitrogens is 1. The maximum Gasteiger partial charge on any atom is 0.166 e. The van der Waals surface area contributed by atoms with Crippen LogP contribution < -0.4 is 10.6 Å².